The Kier molecular flexibility index (Phi) is 2.29. The maximum absolute atomic E-state index is 10.9. The summed E-state index contributed by atoms with van der Waals surface area (Å²) in [7, 11) is 0. The van der Waals surface area contributed by atoms with Crippen LogP contribution in [0.4, 0.5) is 5.69 Å². The molecule has 0 aliphatic heterocycles. The lowest BCUT2D eigenvalue weighted by Crippen LogP contribution is -2.01. The van der Waals surface area contributed by atoms with E-state index in [9.17, 15) is 4.79 Å². The van der Waals surface area contributed by atoms with Crippen molar-refractivity contribution in [1.82, 2.24) is 0 Å². The summed E-state index contributed by atoms with van der Waals surface area (Å²) in [5, 5.41) is 1.75. The van der Waals surface area contributed by atoms with E-state index in [4.69, 9.17) is 10.5 Å². The van der Waals surface area contributed by atoms with Crippen molar-refractivity contribution in [3.63, 3.8) is 0 Å². The number of hydrogen-bond acceptors (Lipinski definition) is 3. The first-order valence-corrected chi connectivity index (χ1v) is 4.64. The number of anilines is 1. The van der Waals surface area contributed by atoms with Crippen LogP contribution in [0.2, 0.25) is 0 Å². The maximum atomic E-state index is 10.9. The maximum Gasteiger partial charge on any atom is 0.308 e. The zero-order valence-corrected chi connectivity index (χ0v) is 8.36. The zero-order valence-electron chi connectivity index (χ0n) is 8.36. The third-order valence-corrected chi connectivity index (χ3v) is 2.17. The Morgan fingerprint density at radius 3 is 2.53 bits per heavy atom. The van der Waals surface area contributed by atoms with Crippen LogP contribution >= 0.6 is 0 Å². The Morgan fingerprint density at radius 1 is 1.13 bits per heavy atom. The van der Waals surface area contributed by atoms with Gasteiger partial charge < -0.3 is 10.5 Å². The van der Waals surface area contributed by atoms with Crippen molar-refractivity contribution in [2.24, 2.45) is 0 Å². The second-order valence-corrected chi connectivity index (χ2v) is 3.29. The molecule has 15 heavy (non-hydrogen) atoms. The van der Waals surface area contributed by atoms with Crippen LogP contribution in [-0.2, 0) is 4.79 Å². The molecule has 0 spiro atoms. The average Bonchev–Trinajstić information content (AvgIpc) is 2.19. The third-order valence-electron chi connectivity index (χ3n) is 2.17. The van der Waals surface area contributed by atoms with Crippen molar-refractivity contribution in [1.29, 1.82) is 0 Å². The smallest absolute Gasteiger partial charge is 0.308 e. The summed E-state index contributed by atoms with van der Waals surface area (Å²) in [4.78, 5) is 10.9. The largest absolute Gasteiger partial charge is 0.426 e. The molecule has 0 aromatic heterocycles. The second kappa shape index (κ2) is 3.61. The molecule has 0 saturated heterocycles. The molecule has 3 nitrogen and oxygen atoms in total. The molecule has 0 heterocycles. The molecule has 2 aromatic rings. The standard InChI is InChI=1S/C12H11NO2/c1-8(14)15-12-7-3-4-9-10(12)5-2-6-11(9)13/h2-7H,13H2,1H3. The fraction of sp³-hybridized carbons (Fsp3) is 0.0833. The van der Waals surface area contributed by atoms with E-state index in [0.717, 1.165) is 10.8 Å². The van der Waals surface area contributed by atoms with Gasteiger partial charge >= 0.3 is 5.97 Å². The summed E-state index contributed by atoms with van der Waals surface area (Å²) in [5.74, 6) is 0.220. The van der Waals surface area contributed by atoms with Crippen molar-refractivity contribution < 1.29 is 9.53 Å². The van der Waals surface area contributed by atoms with Gasteiger partial charge in [0, 0.05) is 23.4 Å². The molecule has 0 bridgehead atoms. The first-order valence-electron chi connectivity index (χ1n) is 4.64. The average molecular weight is 201 g/mol. The van der Waals surface area contributed by atoms with E-state index in [2.05, 4.69) is 0 Å². The minimum atomic E-state index is -0.329. The molecule has 76 valence electrons. The topological polar surface area (TPSA) is 52.3 Å². The second-order valence-electron chi connectivity index (χ2n) is 3.29. The number of nitrogen functional groups attached to an aromatic ring is 1. The van der Waals surface area contributed by atoms with Gasteiger partial charge in [-0.2, -0.15) is 0 Å². The molecule has 0 unspecified atom stereocenters. The van der Waals surface area contributed by atoms with E-state index in [0.29, 0.717) is 11.4 Å². The van der Waals surface area contributed by atoms with Crippen molar-refractivity contribution in [2.75, 3.05) is 5.73 Å². The van der Waals surface area contributed by atoms with Gasteiger partial charge in [0.05, 0.1) is 0 Å². The molecule has 2 aromatic carbocycles. The van der Waals surface area contributed by atoms with Gasteiger partial charge in [-0.05, 0) is 12.1 Å². The number of carbonyl (C=O) groups excluding carboxylic acids is 1. The van der Waals surface area contributed by atoms with Gasteiger partial charge in [-0.25, -0.2) is 0 Å². The highest BCUT2D eigenvalue weighted by molar-refractivity contribution is 5.97. The van der Waals surface area contributed by atoms with Crippen LogP contribution in [0.5, 0.6) is 5.75 Å². The first-order chi connectivity index (χ1) is 7.18. The minimum Gasteiger partial charge on any atom is -0.426 e. The molecule has 0 radical (unpaired) electrons. The van der Waals surface area contributed by atoms with Gasteiger partial charge in [-0.15, -0.1) is 0 Å². The fourth-order valence-electron chi connectivity index (χ4n) is 1.55. The number of carbonyl (C=O) groups is 1. The molecule has 0 amide bonds. The Morgan fingerprint density at radius 2 is 1.80 bits per heavy atom. The molecule has 0 fully saturated rings. The number of esters is 1. The van der Waals surface area contributed by atoms with Crippen LogP contribution in [0, 0.1) is 0 Å². The normalized spacial score (nSPS) is 10.2. The molecule has 3 heteroatoms. The van der Waals surface area contributed by atoms with E-state index >= 15 is 0 Å². The highest BCUT2D eigenvalue weighted by atomic mass is 16.5. The third kappa shape index (κ3) is 1.76. The van der Waals surface area contributed by atoms with Crippen molar-refractivity contribution in [2.45, 2.75) is 6.92 Å². The number of nitrogens with two attached hydrogens (primary N) is 1. The Bertz CT molecular complexity index is 520. The van der Waals surface area contributed by atoms with Gasteiger partial charge in [0.15, 0.2) is 0 Å². The first kappa shape index (κ1) is 9.52. The predicted octanol–water partition coefficient (Wildman–Crippen LogP) is 2.35. The summed E-state index contributed by atoms with van der Waals surface area (Å²) < 4.78 is 5.09. The molecule has 0 aliphatic carbocycles. The summed E-state index contributed by atoms with van der Waals surface area (Å²) in [5.41, 5.74) is 6.50. The van der Waals surface area contributed by atoms with Crippen LogP contribution in [0.25, 0.3) is 10.8 Å². The van der Waals surface area contributed by atoms with Crippen LogP contribution in [0.3, 0.4) is 0 Å². The fourth-order valence-corrected chi connectivity index (χ4v) is 1.55. The summed E-state index contributed by atoms with van der Waals surface area (Å²) in [6, 6.07) is 11.0. The van der Waals surface area contributed by atoms with Gasteiger partial charge in [-0.1, -0.05) is 24.3 Å². The van der Waals surface area contributed by atoms with E-state index in [1.807, 2.05) is 30.3 Å². The van der Waals surface area contributed by atoms with E-state index < -0.39 is 0 Å². The Hall–Kier alpha value is -2.03. The minimum absolute atomic E-state index is 0.329. The van der Waals surface area contributed by atoms with Crippen LogP contribution < -0.4 is 10.5 Å². The van der Waals surface area contributed by atoms with Crippen LogP contribution in [-0.4, -0.2) is 5.97 Å². The Balaban J connectivity index is 2.65. The molecule has 2 rings (SSSR count). The highest BCUT2D eigenvalue weighted by Gasteiger charge is 2.05. The Labute approximate surface area is 87.5 Å². The SMILES string of the molecule is CC(=O)Oc1cccc2c(N)cccc12. The number of hydrogen-bond donors (Lipinski definition) is 1. The molecular weight excluding hydrogens is 190 g/mol. The van der Waals surface area contributed by atoms with E-state index in [-0.39, 0.29) is 5.97 Å². The lowest BCUT2D eigenvalue weighted by Gasteiger charge is -2.07. The lowest BCUT2D eigenvalue weighted by atomic mass is 10.1. The number of fused-ring (bicyclic) bond motifs is 1. The lowest BCUT2D eigenvalue weighted by molar-refractivity contribution is -0.131. The molecule has 2 N–H and O–H groups in total. The zero-order chi connectivity index (χ0) is 10.8. The van der Waals surface area contributed by atoms with Crippen molar-refractivity contribution in [3.8, 4) is 5.75 Å². The highest BCUT2D eigenvalue weighted by Crippen LogP contribution is 2.29. The van der Waals surface area contributed by atoms with Gasteiger partial charge in [0.25, 0.3) is 0 Å². The van der Waals surface area contributed by atoms with E-state index in [1.54, 1.807) is 6.07 Å². The monoisotopic (exact) mass is 201 g/mol. The van der Waals surface area contributed by atoms with E-state index in [1.165, 1.54) is 6.92 Å². The molecule has 0 saturated carbocycles. The summed E-state index contributed by atoms with van der Waals surface area (Å²) >= 11 is 0. The number of rotatable bonds is 1. The van der Waals surface area contributed by atoms with Gasteiger partial charge in [0.1, 0.15) is 5.75 Å². The van der Waals surface area contributed by atoms with Crippen LogP contribution in [0.15, 0.2) is 36.4 Å². The number of ether oxygens (including phenoxy) is 1. The number of benzene rings is 2. The summed E-state index contributed by atoms with van der Waals surface area (Å²) in [6.45, 7) is 1.38. The van der Waals surface area contributed by atoms with Crippen molar-refractivity contribution in [3.05, 3.63) is 36.4 Å². The quantitative estimate of drug-likeness (QED) is 0.437. The van der Waals surface area contributed by atoms with Crippen molar-refractivity contribution >= 4 is 22.4 Å². The molecule has 0 aliphatic rings. The molecular formula is C12H11NO2. The van der Waals surface area contributed by atoms with Gasteiger partial charge in [0.2, 0.25) is 0 Å². The summed E-state index contributed by atoms with van der Waals surface area (Å²) in [6.07, 6.45) is 0. The van der Waals surface area contributed by atoms with Gasteiger partial charge in [-0.3, -0.25) is 4.79 Å². The van der Waals surface area contributed by atoms with Crippen LogP contribution in [0.1, 0.15) is 6.92 Å². The molecule has 0 atom stereocenters. The predicted molar refractivity (Wildman–Crippen MR) is 59.7 cm³/mol.